The van der Waals surface area contributed by atoms with Gasteiger partial charge < -0.3 is 5.73 Å². The number of hydrogen-bond donors (Lipinski definition) is 3. The molecule has 1 aromatic heterocycles. The van der Waals surface area contributed by atoms with Crippen molar-refractivity contribution in [1.29, 1.82) is 0 Å². The van der Waals surface area contributed by atoms with Crippen molar-refractivity contribution in [2.24, 2.45) is 0 Å². The summed E-state index contributed by atoms with van der Waals surface area (Å²) < 4.78 is 25.2. The molecule has 1 rings (SSSR count). The fourth-order valence-corrected chi connectivity index (χ4v) is 2.12. The molecule has 0 amide bonds. The van der Waals surface area contributed by atoms with Gasteiger partial charge in [-0.1, -0.05) is 11.6 Å². The van der Waals surface area contributed by atoms with Crippen LogP contribution in [0.15, 0.2) is 12.3 Å². The van der Waals surface area contributed by atoms with E-state index in [4.69, 9.17) is 17.3 Å². The summed E-state index contributed by atoms with van der Waals surface area (Å²) in [5.74, 6) is 0. The summed E-state index contributed by atoms with van der Waals surface area (Å²) in [6.07, 6.45) is 1.33. The molecule has 90 valence electrons. The van der Waals surface area contributed by atoms with Crippen LogP contribution in [0.4, 0.5) is 11.4 Å². The molecule has 0 spiro atoms. The average Bonchev–Trinajstić information content (AvgIpc) is 2.08. The lowest BCUT2D eigenvalue weighted by molar-refractivity contribution is 0.365. The van der Waals surface area contributed by atoms with E-state index in [1.165, 1.54) is 17.3 Å². The number of pyridine rings is 1. The first-order valence-electron chi connectivity index (χ1n) is 4.19. The Balaban J connectivity index is 2.92. The quantitative estimate of drug-likeness (QED) is 0.527. The van der Waals surface area contributed by atoms with E-state index in [1.807, 2.05) is 0 Å². The van der Waals surface area contributed by atoms with E-state index in [2.05, 4.69) is 14.5 Å². The summed E-state index contributed by atoms with van der Waals surface area (Å²) >= 11 is 5.70. The molecular weight excluding hydrogens is 254 g/mol. The maximum absolute atomic E-state index is 11.5. The van der Waals surface area contributed by atoms with Gasteiger partial charge in [-0.3, -0.25) is 4.72 Å². The smallest absolute Gasteiger partial charge is 0.312 e. The second kappa shape index (κ2) is 4.83. The predicted octanol–water partition coefficient (Wildman–Crippen LogP) is 0.0401. The zero-order valence-electron chi connectivity index (χ0n) is 8.73. The Morgan fingerprint density at radius 3 is 2.69 bits per heavy atom. The van der Waals surface area contributed by atoms with Crippen molar-refractivity contribution in [3.05, 3.63) is 17.4 Å². The fourth-order valence-electron chi connectivity index (χ4n) is 0.944. The number of nitrogens with one attached hydrogen (secondary N) is 2. The zero-order valence-corrected chi connectivity index (χ0v) is 10.3. The van der Waals surface area contributed by atoms with Crippen LogP contribution in [-0.4, -0.2) is 32.5 Å². The number of aromatic nitrogens is 1. The molecule has 0 radical (unpaired) electrons. The van der Waals surface area contributed by atoms with Gasteiger partial charge in [-0.25, -0.2) is 9.99 Å². The summed E-state index contributed by atoms with van der Waals surface area (Å²) in [5, 5.41) is 1.30. The van der Waals surface area contributed by atoms with Gasteiger partial charge in [0.25, 0.3) is 0 Å². The summed E-state index contributed by atoms with van der Waals surface area (Å²) in [6, 6.07) is 1.38. The molecule has 0 aliphatic heterocycles. The summed E-state index contributed by atoms with van der Waals surface area (Å²) in [7, 11) is -0.647. The van der Waals surface area contributed by atoms with Crippen LogP contribution in [0, 0.1) is 0 Å². The summed E-state index contributed by atoms with van der Waals surface area (Å²) in [6.45, 7) is 0. The molecule has 0 fully saturated rings. The Morgan fingerprint density at radius 2 is 2.12 bits per heavy atom. The number of nitrogen functional groups attached to an aromatic ring is 1. The van der Waals surface area contributed by atoms with E-state index in [-0.39, 0.29) is 10.8 Å². The second-order valence-electron chi connectivity index (χ2n) is 3.20. The third kappa shape index (κ3) is 3.81. The van der Waals surface area contributed by atoms with Gasteiger partial charge >= 0.3 is 10.2 Å². The molecule has 7 nitrogen and oxygen atoms in total. The van der Waals surface area contributed by atoms with Gasteiger partial charge in [-0.05, 0) is 6.07 Å². The number of hydrogen-bond acceptors (Lipinski definition) is 5. The van der Waals surface area contributed by atoms with Gasteiger partial charge in [0.05, 0.1) is 17.6 Å². The Bertz CT molecular complexity index is 476. The SMILES string of the molecule is CN(C)NS(=O)(=O)Nc1cc(N)cnc1Cl. The van der Waals surface area contributed by atoms with Crippen molar-refractivity contribution < 1.29 is 8.42 Å². The lowest BCUT2D eigenvalue weighted by Crippen LogP contribution is -2.40. The molecular formula is C7H12ClN5O2S. The largest absolute Gasteiger partial charge is 0.397 e. The third-order valence-corrected chi connectivity index (χ3v) is 2.80. The number of halogens is 1. The molecule has 1 aromatic rings. The minimum Gasteiger partial charge on any atom is -0.397 e. The monoisotopic (exact) mass is 265 g/mol. The number of nitrogens with two attached hydrogens (primary N) is 1. The standard InChI is InChI=1S/C7H12ClN5O2S/c1-13(2)12-16(14,15)11-6-3-5(9)4-10-7(6)8/h3-4,11-12H,9H2,1-2H3. The molecule has 0 unspecified atom stereocenters. The Kier molecular flexibility index (Phi) is 3.92. The van der Waals surface area contributed by atoms with Crippen molar-refractivity contribution in [2.45, 2.75) is 0 Å². The zero-order chi connectivity index (χ0) is 12.3. The maximum Gasteiger partial charge on any atom is 0.312 e. The van der Waals surface area contributed by atoms with Crippen molar-refractivity contribution >= 4 is 33.2 Å². The highest BCUT2D eigenvalue weighted by Crippen LogP contribution is 2.21. The van der Waals surface area contributed by atoms with Gasteiger partial charge in [0.1, 0.15) is 0 Å². The van der Waals surface area contributed by atoms with Crippen LogP contribution >= 0.6 is 11.6 Å². The summed E-state index contributed by atoms with van der Waals surface area (Å²) in [4.78, 5) is 5.90. The van der Waals surface area contributed by atoms with Gasteiger partial charge in [-0.15, -0.1) is 4.83 Å². The molecule has 16 heavy (non-hydrogen) atoms. The van der Waals surface area contributed by atoms with Crippen LogP contribution in [-0.2, 0) is 10.2 Å². The van der Waals surface area contributed by atoms with Crippen LogP contribution in [0.25, 0.3) is 0 Å². The third-order valence-electron chi connectivity index (χ3n) is 1.41. The highest BCUT2D eigenvalue weighted by molar-refractivity contribution is 7.90. The minimum absolute atomic E-state index is 0.0262. The average molecular weight is 266 g/mol. The van der Waals surface area contributed by atoms with Crippen LogP contribution in [0.2, 0.25) is 5.15 Å². The predicted molar refractivity (Wildman–Crippen MR) is 63.0 cm³/mol. The van der Waals surface area contributed by atoms with Gasteiger partial charge in [0.2, 0.25) is 0 Å². The second-order valence-corrected chi connectivity index (χ2v) is 4.95. The van der Waals surface area contributed by atoms with E-state index < -0.39 is 10.2 Å². The Labute approximate surface area is 98.7 Å². The highest BCUT2D eigenvalue weighted by atomic mass is 35.5. The number of nitrogens with zero attached hydrogens (tertiary/aromatic N) is 2. The normalized spacial score (nSPS) is 11.8. The molecule has 9 heteroatoms. The van der Waals surface area contributed by atoms with Crippen molar-refractivity contribution in [1.82, 2.24) is 14.8 Å². The molecule has 0 bridgehead atoms. The van der Waals surface area contributed by atoms with Crippen molar-refractivity contribution in [3.8, 4) is 0 Å². The molecule has 0 saturated carbocycles. The van der Waals surface area contributed by atoms with Crippen molar-refractivity contribution in [2.75, 3.05) is 24.6 Å². The van der Waals surface area contributed by atoms with Gasteiger partial charge in [0, 0.05) is 14.1 Å². The molecule has 1 heterocycles. The highest BCUT2D eigenvalue weighted by Gasteiger charge is 2.13. The molecule has 0 aliphatic carbocycles. The minimum atomic E-state index is -3.73. The first-order valence-corrected chi connectivity index (χ1v) is 6.05. The molecule has 0 aliphatic rings. The topological polar surface area (TPSA) is 100 Å². The maximum atomic E-state index is 11.5. The van der Waals surface area contributed by atoms with Crippen LogP contribution in [0.1, 0.15) is 0 Å². The van der Waals surface area contributed by atoms with E-state index in [9.17, 15) is 8.42 Å². The molecule has 0 saturated heterocycles. The Morgan fingerprint density at radius 1 is 1.50 bits per heavy atom. The van der Waals surface area contributed by atoms with E-state index >= 15 is 0 Å². The fraction of sp³-hybridized carbons (Fsp3) is 0.286. The number of hydrazine groups is 1. The Hall–Kier alpha value is -1.09. The molecule has 0 atom stereocenters. The summed E-state index contributed by atoms with van der Waals surface area (Å²) in [5.41, 5.74) is 5.89. The van der Waals surface area contributed by atoms with Gasteiger partial charge in [0.15, 0.2) is 5.15 Å². The number of anilines is 2. The van der Waals surface area contributed by atoms with Crippen LogP contribution in [0.3, 0.4) is 0 Å². The van der Waals surface area contributed by atoms with E-state index in [0.717, 1.165) is 0 Å². The van der Waals surface area contributed by atoms with E-state index in [1.54, 1.807) is 14.1 Å². The lowest BCUT2D eigenvalue weighted by Gasteiger charge is -2.14. The van der Waals surface area contributed by atoms with Crippen molar-refractivity contribution in [3.63, 3.8) is 0 Å². The number of rotatable bonds is 4. The lowest BCUT2D eigenvalue weighted by atomic mass is 10.4. The molecule has 4 N–H and O–H groups in total. The van der Waals surface area contributed by atoms with Crippen LogP contribution < -0.4 is 15.3 Å². The first-order chi connectivity index (χ1) is 7.30. The molecule has 0 aromatic carbocycles. The van der Waals surface area contributed by atoms with E-state index in [0.29, 0.717) is 5.69 Å². The van der Waals surface area contributed by atoms with Crippen LogP contribution in [0.5, 0.6) is 0 Å². The first kappa shape index (κ1) is 13.0. The van der Waals surface area contributed by atoms with Gasteiger partial charge in [-0.2, -0.15) is 8.42 Å².